The molecule has 128 valence electrons. The topological polar surface area (TPSA) is 69.7 Å². The van der Waals surface area contributed by atoms with E-state index in [1.54, 1.807) is 31.4 Å². The van der Waals surface area contributed by atoms with Gasteiger partial charge >= 0.3 is 5.69 Å². The van der Waals surface area contributed by atoms with Gasteiger partial charge in [0.15, 0.2) is 16.4 Å². The van der Waals surface area contributed by atoms with Gasteiger partial charge in [-0.2, -0.15) is 0 Å². The molecular weight excluding hydrogens is 316 g/mol. The molecular formula is C19H21N4O2+. The lowest BCUT2D eigenvalue weighted by atomic mass is 10.1. The molecule has 3 rings (SSSR count). The van der Waals surface area contributed by atoms with E-state index in [1.165, 1.54) is 6.42 Å². The first kappa shape index (κ1) is 16.8. The maximum atomic E-state index is 12.5. The van der Waals surface area contributed by atoms with E-state index in [4.69, 9.17) is 4.74 Å². The molecule has 1 saturated heterocycles. The minimum Gasteiger partial charge on any atom is -0.492 e. The molecule has 2 aromatic carbocycles. The van der Waals surface area contributed by atoms with Crippen molar-refractivity contribution in [3.63, 3.8) is 0 Å². The largest absolute Gasteiger partial charge is 0.492 e. The number of piperidine rings is 1. The summed E-state index contributed by atoms with van der Waals surface area (Å²) in [7, 11) is 1.56. The molecule has 6 nitrogen and oxygen atoms in total. The summed E-state index contributed by atoms with van der Waals surface area (Å²) in [5.41, 5.74) is 2.29. The van der Waals surface area contributed by atoms with Crippen molar-refractivity contribution in [1.29, 1.82) is 5.39 Å². The normalized spacial score (nSPS) is 13.8. The number of diazo groups is 1. The Morgan fingerprint density at radius 1 is 1.12 bits per heavy atom. The molecule has 1 heterocycles. The molecule has 0 bridgehead atoms. The molecule has 1 N–H and O–H groups in total. The van der Waals surface area contributed by atoms with Crippen LogP contribution in [0.25, 0.3) is 4.98 Å². The van der Waals surface area contributed by atoms with Crippen LogP contribution in [0.15, 0.2) is 42.5 Å². The number of carbonyl (C=O) groups is 1. The molecule has 6 heteroatoms. The quantitative estimate of drug-likeness (QED) is 0.838. The number of methoxy groups -OCH3 is 1. The lowest BCUT2D eigenvalue weighted by Gasteiger charge is -2.29. The summed E-state index contributed by atoms with van der Waals surface area (Å²) in [5.74, 6) is 0.304. The molecule has 0 spiro atoms. The van der Waals surface area contributed by atoms with E-state index in [2.05, 4.69) is 15.2 Å². The van der Waals surface area contributed by atoms with Gasteiger partial charge < -0.3 is 15.0 Å². The van der Waals surface area contributed by atoms with Gasteiger partial charge in [0, 0.05) is 24.7 Å². The number of ether oxygens (including phenoxy) is 1. The molecule has 25 heavy (non-hydrogen) atoms. The number of carbonyl (C=O) groups excluding carboxylic acids is 1. The van der Waals surface area contributed by atoms with Crippen LogP contribution in [-0.4, -0.2) is 26.1 Å². The third-order valence-corrected chi connectivity index (χ3v) is 4.38. The second kappa shape index (κ2) is 7.67. The van der Waals surface area contributed by atoms with E-state index in [9.17, 15) is 10.2 Å². The molecule has 0 atom stereocenters. The molecule has 2 aromatic rings. The van der Waals surface area contributed by atoms with Gasteiger partial charge in [0.2, 0.25) is 5.39 Å². The number of rotatable bonds is 4. The van der Waals surface area contributed by atoms with Crippen LogP contribution in [0.1, 0.15) is 29.6 Å². The molecule has 0 radical (unpaired) electrons. The van der Waals surface area contributed by atoms with Gasteiger partial charge in [0.05, 0.1) is 12.8 Å². The van der Waals surface area contributed by atoms with Crippen LogP contribution in [0, 0.1) is 5.39 Å². The Labute approximate surface area is 147 Å². The standard InChI is InChI=1S/C19H20N4O2/c1-25-18-16(21-19(24)14-8-4-2-5-9-14)11-10-15(22-20)17(18)23-12-6-3-7-13-23/h2,4-5,8-11H,3,6-7,12-13H2,1H3/p+1. The van der Waals surface area contributed by atoms with Crippen molar-refractivity contribution < 1.29 is 9.53 Å². The maximum absolute atomic E-state index is 12.5. The highest BCUT2D eigenvalue weighted by Crippen LogP contribution is 2.44. The highest BCUT2D eigenvalue weighted by atomic mass is 16.5. The second-order valence-corrected chi connectivity index (χ2v) is 5.98. The Balaban J connectivity index is 1.97. The van der Waals surface area contributed by atoms with Crippen molar-refractivity contribution in [3.05, 3.63) is 53.0 Å². The van der Waals surface area contributed by atoms with E-state index >= 15 is 0 Å². The summed E-state index contributed by atoms with van der Waals surface area (Å²) in [6.07, 6.45) is 3.35. The smallest absolute Gasteiger partial charge is 0.412 e. The summed E-state index contributed by atoms with van der Waals surface area (Å²) < 4.78 is 5.58. The fourth-order valence-electron chi connectivity index (χ4n) is 3.15. The Kier molecular flexibility index (Phi) is 5.14. The molecule has 1 aliphatic heterocycles. The SMILES string of the molecule is COc1c(NC(=O)c2ccccc2)ccc([N+]#N)c1N1CCCCC1. The van der Waals surface area contributed by atoms with E-state index in [0.717, 1.165) is 31.6 Å². The van der Waals surface area contributed by atoms with Gasteiger partial charge in [-0.25, -0.2) is 0 Å². The van der Waals surface area contributed by atoms with Crippen LogP contribution in [0.5, 0.6) is 5.75 Å². The predicted molar refractivity (Wildman–Crippen MR) is 98.2 cm³/mol. The first-order valence-corrected chi connectivity index (χ1v) is 8.42. The van der Waals surface area contributed by atoms with Crippen molar-refractivity contribution in [2.45, 2.75) is 19.3 Å². The number of hydrogen-bond acceptors (Lipinski definition) is 4. The van der Waals surface area contributed by atoms with E-state index < -0.39 is 0 Å². The summed E-state index contributed by atoms with van der Waals surface area (Å²) in [6.45, 7) is 1.74. The number of hydrogen-bond donors (Lipinski definition) is 1. The van der Waals surface area contributed by atoms with E-state index in [-0.39, 0.29) is 5.91 Å². The van der Waals surface area contributed by atoms with Crippen molar-refractivity contribution >= 4 is 23.0 Å². The first-order chi connectivity index (χ1) is 12.2. The van der Waals surface area contributed by atoms with Crippen LogP contribution in [0.4, 0.5) is 17.1 Å². The van der Waals surface area contributed by atoms with Crippen LogP contribution in [0.2, 0.25) is 0 Å². The summed E-state index contributed by atoms with van der Waals surface area (Å²) in [4.78, 5) is 18.0. The molecule has 0 unspecified atom stereocenters. The fourth-order valence-corrected chi connectivity index (χ4v) is 3.15. The molecule has 1 amide bonds. The third-order valence-electron chi connectivity index (χ3n) is 4.38. The minimum atomic E-state index is -0.211. The van der Waals surface area contributed by atoms with Gasteiger partial charge in [0.25, 0.3) is 5.91 Å². The number of nitrogens with one attached hydrogen (secondary N) is 1. The molecule has 1 fully saturated rings. The Morgan fingerprint density at radius 2 is 1.84 bits per heavy atom. The average Bonchev–Trinajstić information content (AvgIpc) is 2.68. The van der Waals surface area contributed by atoms with Crippen molar-refractivity contribution in [3.8, 4) is 5.75 Å². The van der Waals surface area contributed by atoms with Gasteiger partial charge in [0.1, 0.15) is 0 Å². The van der Waals surface area contributed by atoms with Crippen molar-refractivity contribution in [2.24, 2.45) is 0 Å². The van der Waals surface area contributed by atoms with E-state index in [1.807, 2.05) is 18.2 Å². The third kappa shape index (κ3) is 3.56. The van der Waals surface area contributed by atoms with E-state index in [0.29, 0.717) is 22.7 Å². The maximum Gasteiger partial charge on any atom is 0.412 e. The monoisotopic (exact) mass is 337 g/mol. The lowest BCUT2D eigenvalue weighted by Crippen LogP contribution is -2.30. The Morgan fingerprint density at radius 3 is 2.48 bits per heavy atom. The number of benzene rings is 2. The van der Waals surface area contributed by atoms with Gasteiger partial charge in [-0.3, -0.25) is 4.79 Å². The fraction of sp³-hybridized carbons (Fsp3) is 0.316. The van der Waals surface area contributed by atoms with Crippen LogP contribution < -0.4 is 15.0 Å². The summed E-state index contributed by atoms with van der Waals surface area (Å²) in [6, 6.07) is 12.4. The Hall–Kier alpha value is -3.07. The minimum absolute atomic E-state index is 0.211. The van der Waals surface area contributed by atoms with Crippen molar-refractivity contribution in [1.82, 2.24) is 0 Å². The predicted octanol–water partition coefficient (Wildman–Crippen LogP) is 4.42. The number of amides is 1. The highest BCUT2D eigenvalue weighted by molar-refractivity contribution is 6.06. The van der Waals surface area contributed by atoms with Crippen LogP contribution >= 0.6 is 0 Å². The average molecular weight is 337 g/mol. The van der Waals surface area contributed by atoms with Gasteiger partial charge in [-0.05, 0) is 37.5 Å². The molecule has 0 saturated carbocycles. The molecule has 0 aliphatic carbocycles. The number of anilines is 2. The Bertz CT molecular complexity index is 793. The zero-order valence-corrected chi connectivity index (χ0v) is 14.2. The van der Waals surface area contributed by atoms with Crippen LogP contribution in [-0.2, 0) is 0 Å². The molecule has 0 aromatic heterocycles. The second-order valence-electron chi connectivity index (χ2n) is 5.98. The summed E-state index contributed by atoms with van der Waals surface area (Å²) in [5, 5.41) is 12.3. The van der Waals surface area contributed by atoms with Crippen molar-refractivity contribution in [2.75, 3.05) is 30.4 Å². The van der Waals surface area contributed by atoms with Crippen LogP contribution in [0.3, 0.4) is 0 Å². The zero-order valence-electron chi connectivity index (χ0n) is 14.2. The first-order valence-electron chi connectivity index (χ1n) is 8.42. The highest BCUT2D eigenvalue weighted by Gasteiger charge is 2.28. The number of nitrogens with zero attached hydrogens (tertiary/aromatic N) is 3. The summed E-state index contributed by atoms with van der Waals surface area (Å²) >= 11 is 0. The molecule has 1 aliphatic rings. The van der Waals surface area contributed by atoms with Gasteiger partial charge in [-0.15, -0.1) is 0 Å². The lowest BCUT2D eigenvalue weighted by molar-refractivity contribution is 0.102. The van der Waals surface area contributed by atoms with Gasteiger partial charge in [-0.1, -0.05) is 18.2 Å². The zero-order chi connectivity index (χ0) is 17.6.